The molecule has 40 heavy (non-hydrogen) atoms. The first-order valence-corrected chi connectivity index (χ1v) is 14.6. The minimum Gasteiger partial charge on any atom is -0.489 e. The third-order valence-corrected chi connectivity index (χ3v) is 8.21. The number of aromatic nitrogens is 3. The van der Waals surface area contributed by atoms with Crippen LogP contribution in [0.1, 0.15) is 62.9 Å². The molecule has 206 valence electrons. The van der Waals surface area contributed by atoms with E-state index in [-0.39, 0.29) is 11.2 Å². The van der Waals surface area contributed by atoms with Gasteiger partial charge in [-0.25, -0.2) is 4.68 Å². The van der Waals surface area contributed by atoms with Gasteiger partial charge in [-0.2, -0.15) is 4.98 Å². The molecule has 0 spiro atoms. The van der Waals surface area contributed by atoms with Crippen LogP contribution in [0.5, 0.6) is 5.75 Å². The van der Waals surface area contributed by atoms with Gasteiger partial charge in [0.25, 0.3) is 0 Å². The molecule has 6 nitrogen and oxygen atoms in total. The number of nitrogens with zero attached hydrogens (tertiary/aromatic N) is 3. The first kappa shape index (κ1) is 28.0. The molecule has 3 aromatic carbocycles. The molecular weight excluding hydrogens is 540 g/mol. The zero-order chi connectivity index (χ0) is 28.4. The van der Waals surface area contributed by atoms with Crippen LogP contribution in [0.3, 0.4) is 0 Å². The van der Waals surface area contributed by atoms with Crippen LogP contribution in [-0.2, 0) is 22.6 Å². The highest BCUT2D eigenvalue weighted by Crippen LogP contribution is 2.40. The maximum atomic E-state index is 12.9. The Bertz CT molecular complexity index is 1570. The number of anilines is 1. The van der Waals surface area contributed by atoms with Crippen LogP contribution in [0.4, 0.5) is 5.95 Å². The van der Waals surface area contributed by atoms with Crippen LogP contribution in [0.15, 0.2) is 89.2 Å². The van der Waals surface area contributed by atoms with Crippen molar-refractivity contribution in [2.75, 3.05) is 5.32 Å². The summed E-state index contributed by atoms with van der Waals surface area (Å²) in [5.41, 5.74) is 5.70. The highest BCUT2D eigenvalue weighted by atomic mass is 35.5. The summed E-state index contributed by atoms with van der Waals surface area (Å²) in [5, 5.41) is 9.43. The molecule has 0 saturated heterocycles. The average molecular weight is 573 g/mol. The first-order valence-electron chi connectivity index (χ1n) is 13.2. The normalized spacial score (nSPS) is 15.0. The number of nitrogens with one attached hydrogen (secondary N) is 1. The molecule has 0 aliphatic carbocycles. The molecular formula is C32H33ClN4O2S. The van der Waals surface area contributed by atoms with E-state index in [4.69, 9.17) is 26.4 Å². The largest absolute Gasteiger partial charge is 0.489 e. The monoisotopic (exact) mass is 572 g/mol. The lowest BCUT2D eigenvalue weighted by Crippen LogP contribution is -2.28. The topological polar surface area (TPSA) is 69.0 Å². The van der Waals surface area contributed by atoms with E-state index >= 15 is 0 Å². The van der Waals surface area contributed by atoms with Gasteiger partial charge in [0.05, 0.1) is 0 Å². The van der Waals surface area contributed by atoms with E-state index in [9.17, 15) is 4.79 Å². The lowest BCUT2D eigenvalue weighted by molar-refractivity contribution is -0.114. The molecule has 0 radical (unpaired) electrons. The molecule has 1 aliphatic rings. The Morgan fingerprint density at radius 2 is 1.75 bits per heavy atom. The van der Waals surface area contributed by atoms with Crippen molar-refractivity contribution >= 4 is 35.1 Å². The van der Waals surface area contributed by atoms with Crippen molar-refractivity contribution in [2.45, 2.75) is 63.6 Å². The van der Waals surface area contributed by atoms with Crippen molar-refractivity contribution in [3.8, 4) is 5.75 Å². The van der Waals surface area contributed by atoms with E-state index in [1.165, 1.54) is 17.3 Å². The zero-order valence-electron chi connectivity index (χ0n) is 23.4. The van der Waals surface area contributed by atoms with Gasteiger partial charge in [0.15, 0.2) is 5.78 Å². The number of para-hydroxylation sites is 1. The van der Waals surface area contributed by atoms with Crippen LogP contribution < -0.4 is 10.1 Å². The number of halogens is 1. The number of fused-ring (bicyclic) bond motifs is 1. The highest BCUT2D eigenvalue weighted by molar-refractivity contribution is 7.98. The van der Waals surface area contributed by atoms with Gasteiger partial charge < -0.3 is 10.1 Å². The summed E-state index contributed by atoms with van der Waals surface area (Å²) in [6, 6.07) is 23.6. The second kappa shape index (κ2) is 11.5. The van der Waals surface area contributed by atoms with Crippen molar-refractivity contribution in [1.82, 2.24) is 14.8 Å². The summed E-state index contributed by atoms with van der Waals surface area (Å²) in [7, 11) is 0. The molecule has 0 bridgehead atoms. The number of allylic oxidation sites excluding steroid dienone is 2. The van der Waals surface area contributed by atoms with Gasteiger partial charge in [-0.3, -0.25) is 4.79 Å². The summed E-state index contributed by atoms with van der Waals surface area (Å²) in [4.78, 5) is 17.7. The molecule has 0 fully saturated rings. The Labute approximate surface area is 244 Å². The molecule has 1 N–H and O–H groups in total. The molecule has 0 amide bonds. The number of Topliss-reactive ketones (excluding diaryl/α,β-unsaturated/α-hetero) is 1. The number of carbonyl (C=O) groups excluding carboxylic acids is 1. The minimum atomic E-state index is -0.477. The van der Waals surface area contributed by atoms with Crippen molar-refractivity contribution < 1.29 is 9.53 Å². The van der Waals surface area contributed by atoms with Crippen LogP contribution in [-0.4, -0.2) is 20.5 Å². The van der Waals surface area contributed by atoms with Crippen molar-refractivity contribution in [2.24, 2.45) is 0 Å². The summed E-state index contributed by atoms with van der Waals surface area (Å²) in [5.74, 6) is 1.89. The lowest BCUT2D eigenvalue weighted by Gasteiger charge is -2.29. The standard InChI is InChI=1S/C32H33ClN4O2S/c1-20-28(21(2)38)29(37-30(34-20)35-31(36-37)40-19-23-10-6-8-12-26(23)33)25-11-7-9-13-27(25)39-18-22-14-16-24(17-15-22)32(3,4)5/h6-17,29H,18-19H2,1-5H3,(H,34,35,36). The molecule has 1 aliphatic heterocycles. The summed E-state index contributed by atoms with van der Waals surface area (Å²) in [6.07, 6.45) is 0. The van der Waals surface area contributed by atoms with E-state index in [0.717, 1.165) is 22.4 Å². The summed E-state index contributed by atoms with van der Waals surface area (Å²) in [6.45, 7) is 10.5. The van der Waals surface area contributed by atoms with Gasteiger partial charge in [0, 0.05) is 27.6 Å². The van der Waals surface area contributed by atoms with Crippen molar-refractivity contribution in [1.29, 1.82) is 0 Å². The predicted molar refractivity (Wildman–Crippen MR) is 162 cm³/mol. The van der Waals surface area contributed by atoms with Crippen LogP contribution >= 0.6 is 23.4 Å². The fourth-order valence-corrected chi connectivity index (χ4v) is 5.91. The minimum absolute atomic E-state index is 0.0333. The van der Waals surface area contributed by atoms with Crippen molar-refractivity contribution in [3.05, 3.63) is 111 Å². The second-order valence-electron chi connectivity index (χ2n) is 10.9. The van der Waals surface area contributed by atoms with E-state index in [1.807, 2.05) is 55.5 Å². The number of ketones is 1. The Kier molecular flexibility index (Phi) is 8.06. The summed E-state index contributed by atoms with van der Waals surface area (Å²) < 4.78 is 8.16. The Hall–Kier alpha value is -3.55. The molecule has 1 atom stereocenters. The van der Waals surface area contributed by atoms with Gasteiger partial charge in [-0.15, -0.1) is 5.10 Å². The van der Waals surface area contributed by atoms with Gasteiger partial charge >= 0.3 is 0 Å². The molecule has 5 rings (SSSR count). The van der Waals surface area contributed by atoms with E-state index in [0.29, 0.717) is 39.8 Å². The number of hydrogen-bond donors (Lipinski definition) is 1. The smallest absolute Gasteiger partial charge is 0.227 e. The maximum Gasteiger partial charge on any atom is 0.227 e. The van der Waals surface area contributed by atoms with Gasteiger partial charge in [-0.05, 0) is 48.1 Å². The second-order valence-corrected chi connectivity index (χ2v) is 12.3. The fourth-order valence-electron chi connectivity index (χ4n) is 4.79. The summed E-state index contributed by atoms with van der Waals surface area (Å²) >= 11 is 7.86. The Morgan fingerprint density at radius 1 is 1.05 bits per heavy atom. The quantitative estimate of drug-likeness (QED) is 0.216. The SMILES string of the molecule is CC(=O)C1=C(C)Nc2nc(SCc3ccccc3Cl)nn2C1c1ccccc1OCc1ccc(C(C)(C)C)cc1. The number of rotatable bonds is 8. The zero-order valence-corrected chi connectivity index (χ0v) is 24.9. The third kappa shape index (κ3) is 5.96. The third-order valence-electron chi connectivity index (χ3n) is 6.95. The van der Waals surface area contributed by atoms with Crippen molar-refractivity contribution in [3.63, 3.8) is 0 Å². The average Bonchev–Trinajstić information content (AvgIpc) is 3.33. The number of benzene rings is 3. The number of hydrogen-bond acceptors (Lipinski definition) is 6. The fraction of sp³-hybridized carbons (Fsp3) is 0.281. The van der Waals surface area contributed by atoms with Crippen LogP contribution in [0, 0.1) is 0 Å². The van der Waals surface area contributed by atoms with Crippen LogP contribution in [0.25, 0.3) is 0 Å². The lowest BCUT2D eigenvalue weighted by atomic mass is 9.87. The number of carbonyl (C=O) groups is 1. The Balaban J connectivity index is 1.45. The van der Waals surface area contributed by atoms with E-state index in [1.54, 1.807) is 11.6 Å². The number of thioether (sulfide) groups is 1. The van der Waals surface area contributed by atoms with E-state index < -0.39 is 6.04 Å². The molecule has 0 saturated carbocycles. The first-order chi connectivity index (χ1) is 19.1. The highest BCUT2D eigenvalue weighted by Gasteiger charge is 2.34. The predicted octanol–water partition coefficient (Wildman–Crippen LogP) is 7.98. The molecule has 1 aromatic heterocycles. The van der Waals surface area contributed by atoms with Gasteiger partial charge in [0.2, 0.25) is 11.1 Å². The molecule has 8 heteroatoms. The van der Waals surface area contributed by atoms with Crippen LogP contribution in [0.2, 0.25) is 5.02 Å². The molecule has 2 heterocycles. The maximum absolute atomic E-state index is 12.9. The van der Waals surface area contributed by atoms with E-state index in [2.05, 4.69) is 50.4 Å². The van der Waals surface area contributed by atoms with Gasteiger partial charge in [0.1, 0.15) is 18.4 Å². The Morgan fingerprint density at radius 3 is 2.45 bits per heavy atom. The van der Waals surface area contributed by atoms with Gasteiger partial charge in [-0.1, -0.05) is 105 Å². The molecule has 1 unspecified atom stereocenters. The molecule has 4 aromatic rings. The number of ether oxygens (including phenoxy) is 1.